The number of nitrogens with two attached hydrogens (primary N) is 3. The first kappa shape index (κ1) is 103. The SMILES string of the molecule is CCCC[C@H]1C(=O)N(C)[C@@H](CCCC)C(=O)N[C@@H](CCCN)C(=O)C[C@H](C(=O)NCC(N)=O)CSCC(=O)N[C@@H](Cc2ccc(O)cc2)C(=O)N(C)[C@@H](C)C(=O)N[C@@H](CC(N)=O)C(=O)N2CCC[C@H]2C(=O)N[C@@H](Cc2cnc[nH]2)C(=O)N[C@@H](CC(C)C)C(=O)N2CCC[C@H]2C(=O)N[C@@H](Cc2c[nH]c3ccccc23)C(=O)N[C@@H](CO)C(=O)N[C@@H](Cc2csc3ccccc23)C(=O)N1C. The number of fused-ring (bicyclic) bond motifs is 4. The number of phenols is 1. The maximum atomic E-state index is 15.7. The van der Waals surface area contributed by atoms with Crippen LogP contribution in [-0.4, -0.2) is 294 Å². The number of hydrogen-bond acceptors (Lipinski definition) is 23. The summed E-state index contributed by atoms with van der Waals surface area (Å²) in [5.74, 6) is -17.1. The Morgan fingerprint density at radius 3 is 1.73 bits per heavy atom. The summed E-state index contributed by atoms with van der Waals surface area (Å²) in [5, 5.41) is 49.0. The average Bonchev–Trinajstić information content (AvgIpc) is 1.68. The van der Waals surface area contributed by atoms with Crippen LogP contribution in [0.15, 0.2) is 96.9 Å². The first-order valence-corrected chi connectivity index (χ1v) is 46.9. The number of carbonyl (C=O) groups is 17. The molecule has 3 saturated heterocycles. The molecule has 0 spiro atoms. The minimum atomic E-state index is -1.82. The number of aliphatic hydroxyl groups is 1. The number of Topliss-reactive ketones (excluding diaryl/α,β-unsaturated/α-hetero) is 1. The quantitative estimate of drug-likeness (QED) is 0.0369. The van der Waals surface area contributed by atoms with Gasteiger partial charge < -0.3 is 110 Å². The van der Waals surface area contributed by atoms with Crippen LogP contribution in [0.25, 0.3) is 21.0 Å². The number of para-hydroxylation sites is 1. The summed E-state index contributed by atoms with van der Waals surface area (Å²) >= 11 is 2.23. The van der Waals surface area contributed by atoms with Gasteiger partial charge >= 0.3 is 0 Å². The van der Waals surface area contributed by atoms with Crippen LogP contribution in [0.1, 0.15) is 153 Å². The van der Waals surface area contributed by atoms with Gasteiger partial charge in [-0.15, -0.1) is 11.3 Å². The maximum Gasteiger partial charge on any atom is 0.246 e. The lowest BCUT2D eigenvalue weighted by Crippen LogP contribution is -2.61. The number of imidazole rings is 1. The van der Waals surface area contributed by atoms with Crippen LogP contribution in [0.4, 0.5) is 0 Å². The Labute approximate surface area is 774 Å². The highest BCUT2D eigenvalue weighted by Crippen LogP contribution is 2.30. The molecular formula is C91H126N20O19S2. The van der Waals surface area contributed by atoms with E-state index in [0.29, 0.717) is 59.0 Å². The van der Waals surface area contributed by atoms with E-state index in [1.165, 1.54) is 90.9 Å². The van der Waals surface area contributed by atoms with E-state index < -0.39 is 217 Å². The van der Waals surface area contributed by atoms with E-state index >= 15 is 38.4 Å². The summed E-state index contributed by atoms with van der Waals surface area (Å²) in [5.41, 5.74) is 19.8. The van der Waals surface area contributed by atoms with Crippen molar-refractivity contribution >= 4 is 144 Å². The minimum Gasteiger partial charge on any atom is -0.508 e. The molecular weight excluding hydrogens is 1740 g/mol. The highest BCUT2D eigenvalue weighted by atomic mass is 32.2. The van der Waals surface area contributed by atoms with Gasteiger partial charge in [0.1, 0.15) is 78.3 Å². The van der Waals surface area contributed by atoms with Crippen LogP contribution >= 0.6 is 23.1 Å². The monoisotopic (exact) mass is 1870 g/mol. The number of amides is 16. The zero-order valence-corrected chi connectivity index (χ0v) is 77.5. The van der Waals surface area contributed by atoms with Crippen molar-refractivity contribution in [2.45, 2.75) is 235 Å². The number of rotatable bonds is 25. The van der Waals surface area contributed by atoms with Crippen LogP contribution in [0, 0.1) is 11.8 Å². The van der Waals surface area contributed by atoms with E-state index in [4.69, 9.17) is 17.2 Å². The van der Waals surface area contributed by atoms with Crippen LogP contribution in [0.2, 0.25) is 0 Å². The third kappa shape index (κ3) is 28.3. The number of primary amides is 2. The molecule has 3 fully saturated rings. The normalized spacial score (nSPS) is 24.6. The predicted molar refractivity (Wildman–Crippen MR) is 492 cm³/mol. The number of ketones is 1. The van der Waals surface area contributed by atoms with E-state index in [0.717, 1.165) is 31.6 Å². The molecule has 0 aliphatic carbocycles. The van der Waals surface area contributed by atoms with Crippen molar-refractivity contribution < 1.29 is 91.7 Å². The number of thiophene rings is 1. The molecule has 16 amide bonds. The van der Waals surface area contributed by atoms with Crippen molar-refractivity contribution in [3.8, 4) is 5.75 Å². The summed E-state index contributed by atoms with van der Waals surface area (Å²) in [6, 6.07) is 1.11. The highest BCUT2D eigenvalue weighted by Gasteiger charge is 2.46. The van der Waals surface area contributed by atoms with Crippen molar-refractivity contribution in [1.82, 2.24) is 87.3 Å². The molecule has 716 valence electrons. The van der Waals surface area contributed by atoms with Crippen LogP contribution in [0.5, 0.6) is 5.75 Å². The van der Waals surface area contributed by atoms with E-state index in [1.54, 1.807) is 50.4 Å². The fraction of sp³-hybridized carbons (Fsp3) is 0.538. The molecule has 132 heavy (non-hydrogen) atoms. The summed E-state index contributed by atoms with van der Waals surface area (Å²) in [6.07, 6.45) is 4.68. The highest BCUT2D eigenvalue weighted by molar-refractivity contribution is 7.99. The number of phenolic OH excluding ortho intramolecular Hbond substituents is 1. The Hall–Kier alpha value is -12.4. The van der Waals surface area contributed by atoms with E-state index in [2.05, 4.69) is 62.8 Å². The molecule has 0 bridgehead atoms. The smallest absolute Gasteiger partial charge is 0.246 e. The number of nitrogens with zero attached hydrogens (tertiary/aromatic N) is 6. The van der Waals surface area contributed by atoms with Crippen LogP contribution in [0.3, 0.4) is 0 Å². The predicted octanol–water partition coefficient (Wildman–Crippen LogP) is 0.400. The number of likely N-dealkylation sites (N-methyl/N-ethyl adjacent to an activating group) is 3. The molecule has 9 rings (SSSR count). The van der Waals surface area contributed by atoms with Crippen molar-refractivity contribution in [2.24, 2.45) is 29.0 Å². The van der Waals surface area contributed by atoms with Gasteiger partial charge in [-0.3, -0.25) is 81.5 Å². The van der Waals surface area contributed by atoms with Gasteiger partial charge in [-0.25, -0.2) is 4.98 Å². The Kier molecular flexibility index (Phi) is 39.0. The molecule has 3 aromatic carbocycles. The lowest BCUT2D eigenvalue weighted by molar-refractivity contribution is -0.149. The molecule has 3 aromatic heterocycles. The van der Waals surface area contributed by atoms with Gasteiger partial charge in [0.15, 0.2) is 5.78 Å². The number of thioether (sulfide) groups is 1. The largest absolute Gasteiger partial charge is 0.508 e. The number of aromatic nitrogens is 3. The lowest BCUT2D eigenvalue weighted by Gasteiger charge is -2.36. The number of nitrogens with one attached hydrogen (secondary N) is 11. The molecule has 6 heterocycles. The van der Waals surface area contributed by atoms with Gasteiger partial charge in [0, 0.05) is 106 Å². The third-order valence-electron chi connectivity index (χ3n) is 24.2. The number of aliphatic hydroxyl groups excluding tert-OH is 1. The van der Waals surface area contributed by atoms with Gasteiger partial charge in [0.2, 0.25) is 94.5 Å². The van der Waals surface area contributed by atoms with E-state index in [1.807, 2.05) is 37.4 Å². The second-order valence-electron chi connectivity index (χ2n) is 34.4. The van der Waals surface area contributed by atoms with Gasteiger partial charge in [-0.05, 0) is 129 Å². The lowest BCUT2D eigenvalue weighted by atomic mass is 9.95. The summed E-state index contributed by atoms with van der Waals surface area (Å²) < 4.78 is 0.839. The molecule has 0 radical (unpaired) electrons. The molecule has 14 atom stereocenters. The van der Waals surface area contributed by atoms with Gasteiger partial charge in [-0.2, -0.15) is 11.8 Å². The van der Waals surface area contributed by atoms with Crippen molar-refractivity contribution in [1.29, 1.82) is 0 Å². The standard InChI is InChI=1S/C91H126N20O19S2/c1-9-11-24-70-84(123)100-62(23-17-33-92)74(114)40-56(80(119)97-45-77(94)116)47-131-49-78(117)99-66(37-53-29-31-58(113)32-30-53)87(126)107(6)52(5)79(118)103-68(42-76(93)115)90(129)111-35-19-27-72(111)86(125)102-64(41-57-44-95-50-98-57)82(121)104-65(36-51(3)4)89(128)110-34-18-26-71(110)85(124)101-63(38-54-43-96-61-22-15-13-20-59(54)61)81(120)106-69(46-112)83(122)105-67(39-55-48-132-75-28-16-14-21-60(55)75)88(127)109(8)73(25-12-10-2)91(130)108(70)7/h13-16,20-22,28-32,43-44,48,50-52,56,62-73,96,112-113H,9-12,17-19,23-27,33-42,45-47,49,92H2,1-8H3,(H2,93,115)(H2,94,116)(H,95,98)(H,97,119)(H,99,117)(H,100,123)(H,101,124)(H,102,125)(H,103,118)(H,104,121)(H,105,122)(H,106,120)/t52-,56-,62-,63-,64-,65-,66-,67-,68-,69-,70-,71-,72-,73-/m0/s1. The zero-order valence-electron chi connectivity index (χ0n) is 75.8. The second kappa shape index (κ2) is 49.8. The fourth-order valence-corrected chi connectivity index (χ4v) is 18.6. The molecule has 0 unspecified atom stereocenters. The third-order valence-corrected chi connectivity index (χ3v) is 26.3. The number of unbranched alkanes of at least 4 members (excludes halogenated alkanes) is 2. The molecule has 3 aliphatic heterocycles. The number of aromatic hydroxyl groups is 1. The summed E-state index contributed by atoms with van der Waals surface area (Å²) in [7, 11) is 4.02. The maximum absolute atomic E-state index is 15.7. The molecule has 6 aromatic rings. The van der Waals surface area contributed by atoms with Crippen molar-refractivity contribution in [3.63, 3.8) is 0 Å². The molecule has 39 nitrogen and oxygen atoms in total. The summed E-state index contributed by atoms with van der Waals surface area (Å²) in [4.78, 5) is 266. The number of H-pyrrole nitrogens is 2. The molecule has 0 saturated carbocycles. The number of carbonyl (C=O) groups excluding carboxylic acids is 17. The number of aromatic amines is 2. The van der Waals surface area contributed by atoms with Gasteiger partial charge in [0.05, 0.1) is 43.6 Å². The van der Waals surface area contributed by atoms with Crippen molar-refractivity contribution in [3.05, 3.63) is 119 Å². The average molecular weight is 1870 g/mol. The second-order valence-corrected chi connectivity index (χ2v) is 36.4. The number of hydrogen-bond donors (Lipinski definition) is 16. The fourth-order valence-electron chi connectivity index (χ4n) is 16.7. The van der Waals surface area contributed by atoms with Gasteiger partial charge in [-0.1, -0.05) is 102 Å². The number of benzene rings is 3. The van der Waals surface area contributed by atoms with Crippen LogP contribution < -0.4 is 65.1 Å². The Morgan fingerprint density at radius 1 is 0.561 bits per heavy atom. The Balaban J connectivity index is 1.09. The van der Waals surface area contributed by atoms with Crippen molar-refractivity contribution in [2.75, 3.05) is 65.4 Å². The first-order valence-electron chi connectivity index (χ1n) is 44.9. The van der Waals surface area contributed by atoms with Gasteiger partial charge in [0.25, 0.3) is 0 Å². The molecule has 19 N–H and O–H groups in total. The topological polar surface area (TPSA) is 578 Å². The summed E-state index contributed by atoms with van der Waals surface area (Å²) in [6.45, 7) is 6.88. The van der Waals surface area contributed by atoms with Crippen LogP contribution in [-0.2, 0) is 107 Å². The minimum absolute atomic E-state index is 0.00281. The Morgan fingerprint density at radius 2 is 1.11 bits per heavy atom. The van der Waals surface area contributed by atoms with E-state index in [9.17, 15) is 53.4 Å². The first-order chi connectivity index (χ1) is 63.0. The zero-order chi connectivity index (χ0) is 96.2. The van der Waals surface area contributed by atoms with E-state index in [-0.39, 0.29) is 121 Å². The molecule has 3 aliphatic rings. The molecule has 41 heteroatoms. The Bertz CT molecular complexity index is 5070.